The molecular formula is C26H28F2N6O2. The zero-order valence-corrected chi connectivity index (χ0v) is 20.5. The van der Waals surface area contributed by atoms with Crippen molar-refractivity contribution in [2.24, 2.45) is 0 Å². The van der Waals surface area contributed by atoms with Crippen molar-refractivity contribution in [1.82, 2.24) is 24.8 Å². The molecule has 0 unspecified atom stereocenters. The van der Waals surface area contributed by atoms with E-state index in [1.54, 1.807) is 30.3 Å². The maximum atomic E-state index is 13.6. The number of alkyl halides is 2. The Morgan fingerprint density at radius 1 is 1.17 bits per heavy atom. The van der Waals surface area contributed by atoms with Crippen LogP contribution in [0.25, 0.3) is 11.4 Å². The van der Waals surface area contributed by atoms with Crippen LogP contribution in [-0.4, -0.2) is 56.5 Å². The summed E-state index contributed by atoms with van der Waals surface area (Å²) in [6, 6.07) is 5.31. The van der Waals surface area contributed by atoms with E-state index in [0.29, 0.717) is 18.9 Å². The average Bonchev–Trinajstić information content (AvgIpc) is 3.30. The highest BCUT2D eigenvalue weighted by molar-refractivity contribution is 5.84. The predicted molar refractivity (Wildman–Crippen MR) is 130 cm³/mol. The van der Waals surface area contributed by atoms with Crippen LogP contribution in [0.3, 0.4) is 0 Å². The van der Waals surface area contributed by atoms with Gasteiger partial charge in [-0.3, -0.25) is 4.79 Å². The molecule has 2 atom stereocenters. The largest absolute Gasteiger partial charge is 0.481 e. The first kappa shape index (κ1) is 24.0. The summed E-state index contributed by atoms with van der Waals surface area (Å²) in [6.07, 6.45) is 4.20. The molecule has 5 heterocycles. The molecule has 1 spiro atoms. The Kier molecular flexibility index (Phi) is 6.27. The van der Waals surface area contributed by atoms with Gasteiger partial charge in [-0.1, -0.05) is 0 Å². The fourth-order valence-corrected chi connectivity index (χ4v) is 5.20. The van der Waals surface area contributed by atoms with Gasteiger partial charge < -0.3 is 15.0 Å². The Bertz CT molecular complexity index is 1290. The lowest BCUT2D eigenvalue weighted by atomic mass is 9.86. The van der Waals surface area contributed by atoms with Crippen molar-refractivity contribution < 1.29 is 18.3 Å². The first-order chi connectivity index (χ1) is 17.3. The van der Waals surface area contributed by atoms with E-state index in [2.05, 4.69) is 26.3 Å². The van der Waals surface area contributed by atoms with Gasteiger partial charge in [0.25, 0.3) is 6.43 Å². The number of halogens is 2. The number of pyridine rings is 2. The van der Waals surface area contributed by atoms with Crippen molar-refractivity contribution in [3.8, 4) is 17.3 Å². The molecule has 10 heteroatoms. The highest BCUT2D eigenvalue weighted by atomic mass is 19.3. The van der Waals surface area contributed by atoms with Gasteiger partial charge in [-0.15, -0.1) is 0 Å². The van der Waals surface area contributed by atoms with Gasteiger partial charge in [-0.2, -0.15) is 0 Å². The minimum atomic E-state index is -2.73. The summed E-state index contributed by atoms with van der Waals surface area (Å²) >= 11 is 0. The molecule has 0 radical (unpaired) electrons. The van der Waals surface area contributed by atoms with Crippen LogP contribution < -0.4 is 10.1 Å². The van der Waals surface area contributed by atoms with E-state index in [4.69, 9.17) is 9.72 Å². The molecule has 5 rings (SSSR count). The average molecular weight is 495 g/mol. The topological polar surface area (TPSA) is 93.1 Å². The van der Waals surface area contributed by atoms with Crippen LogP contribution in [0.15, 0.2) is 36.8 Å². The summed E-state index contributed by atoms with van der Waals surface area (Å²) in [5, 5.41) is 3.61. The molecule has 1 fully saturated rings. The fraction of sp³-hybridized carbons (Fsp3) is 0.423. The molecule has 0 aliphatic carbocycles. The van der Waals surface area contributed by atoms with Gasteiger partial charge in [0.15, 0.2) is 5.82 Å². The summed E-state index contributed by atoms with van der Waals surface area (Å²) in [5.41, 5.74) is 2.54. The van der Waals surface area contributed by atoms with Crippen LogP contribution in [0, 0.1) is 6.92 Å². The zero-order chi connectivity index (χ0) is 25.4. The number of hydrogen-bond acceptors (Lipinski definition) is 7. The van der Waals surface area contributed by atoms with Crippen LogP contribution in [-0.2, 0) is 11.2 Å². The van der Waals surface area contributed by atoms with E-state index in [1.165, 1.54) is 13.2 Å². The van der Waals surface area contributed by atoms with Gasteiger partial charge in [-0.25, -0.2) is 28.7 Å². The molecule has 0 saturated carbocycles. The maximum Gasteiger partial charge on any atom is 0.265 e. The third kappa shape index (κ3) is 4.36. The summed E-state index contributed by atoms with van der Waals surface area (Å²) in [7, 11) is 1.42. The van der Waals surface area contributed by atoms with E-state index >= 15 is 0 Å². The van der Waals surface area contributed by atoms with Crippen LogP contribution in [0.2, 0.25) is 0 Å². The number of rotatable bonds is 5. The standard InChI is InChI=1S/C26H28F2N6O2/c1-15(18-12-21(36-3)31-13-20(18)22(27)28)25(35)34-10-7-26(14-34)6-5-17-11-19(16(2)32-23(17)33-26)24-29-8-4-9-30-24/h4,8-9,11-13,15,22H,5-7,10,14H2,1-3H3,(H,32,33)/t15-,26-/m0/s1. The molecule has 2 aliphatic rings. The summed E-state index contributed by atoms with van der Waals surface area (Å²) in [6.45, 7) is 4.64. The SMILES string of the molecule is COc1cc([C@H](C)C(=O)N2CC[C@@]3(CCc4cc(-c5ncccn5)c(C)nc4N3)C2)c(C(F)F)cn1. The number of hydrogen-bond donors (Lipinski definition) is 1. The lowest BCUT2D eigenvalue weighted by molar-refractivity contribution is -0.131. The number of methoxy groups -OCH3 is 1. The van der Waals surface area contributed by atoms with Crippen molar-refractivity contribution in [2.45, 2.75) is 51.0 Å². The highest BCUT2D eigenvalue weighted by Gasteiger charge is 2.43. The fourth-order valence-electron chi connectivity index (χ4n) is 5.20. The van der Waals surface area contributed by atoms with Gasteiger partial charge >= 0.3 is 0 Å². The van der Waals surface area contributed by atoms with E-state index < -0.39 is 12.3 Å². The number of anilines is 1. The number of ether oxygens (including phenoxy) is 1. The second kappa shape index (κ2) is 9.40. The minimum Gasteiger partial charge on any atom is -0.481 e. The Morgan fingerprint density at radius 2 is 1.94 bits per heavy atom. The lowest BCUT2D eigenvalue weighted by Crippen LogP contribution is -2.46. The number of amides is 1. The molecule has 188 valence electrons. The van der Waals surface area contributed by atoms with E-state index in [1.807, 2.05) is 6.92 Å². The normalized spacial score (nSPS) is 19.8. The first-order valence-electron chi connectivity index (χ1n) is 12.0. The predicted octanol–water partition coefficient (Wildman–Crippen LogP) is 4.32. The smallest absolute Gasteiger partial charge is 0.265 e. The quantitative estimate of drug-likeness (QED) is 0.565. The van der Waals surface area contributed by atoms with Crippen molar-refractivity contribution in [3.05, 3.63) is 59.2 Å². The van der Waals surface area contributed by atoms with Gasteiger partial charge in [0, 0.05) is 48.9 Å². The molecule has 1 amide bonds. The molecule has 3 aromatic heterocycles. The minimum absolute atomic E-state index is 0.185. The van der Waals surface area contributed by atoms with Gasteiger partial charge in [0.05, 0.1) is 24.3 Å². The van der Waals surface area contributed by atoms with E-state index in [-0.39, 0.29) is 28.5 Å². The van der Waals surface area contributed by atoms with Crippen LogP contribution >= 0.6 is 0 Å². The zero-order valence-electron chi connectivity index (χ0n) is 20.5. The first-order valence-corrected chi connectivity index (χ1v) is 12.0. The molecule has 1 N–H and O–H groups in total. The molecule has 8 nitrogen and oxygen atoms in total. The highest BCUT2D eigenvalue weighted by Crippen LogP contribution is 2.39. The van der Waals surface area contributed by atoms with Gasteiger partial charge in [-0.05, 0) is 56.4 Å². The van der Waals surface area contributed by atoms with E-state index in [9.17, 15) is 13.6 Å². The monoisotopic (exact) mass is 494 g/mol. The lowest BCUT2D eigenvalue weighted by Gasteiger charge is -2.36. The van der Waals surface area contributed by atoms with E-state index in [0.717, 1.165) is 48.1 Å². The molecule has 1 saturated heterocycles. The number of likely N-dealkylation sites (tertiary alicyclic amines) is 1. The summed E-state index contributed by atoms with van der Waals surface area (Å²) in [5.74, 6) is 0.744. The molecule has 2 aliphatic heterocycles. The Morgan fingerprint density at radius 3 is 2.67 bits per heavy atom. The third-order valence-electron chi connectivity index (χ3n) is 7.24. The number of carbonyl (C=O) groups is 1. The number of nitrogens with zero attached hydrogens (tertiary/aromatic N) is 5. The van der Waals surface area contributed by atoms with Crippen molar-refractivity contribution in [1.29, 1.82) is 0 Å². The van der Waals surface area contributed by atoms with Crippen molar-refractivity contribution >= 4 is 11.7 Å². The van der Waals surface area contributed by atoms with Crippen LogP contribution in [0.5, 0.6) is 5.88 Å². The number of nitrogens with one attached hydrogen (secondary N) is 1. The summed E-state index contributed by atoms with van der Waals surface area (Å²) in [4.78, 5) is 32.6. The Balaban J connectivity index is 1.34. The van der Waals surface area contributed by atoms with Gasteiger partial charge in [0.2, 0.25) is 11.8 Å². The number of fused-ring (bicyclic) bond motifs is 1. The maximum absolute atomic E-state index is 13.6. The second-order valence-electron chi connectivity index (χ2n) is 9.49. The molecule has 36 heavy (non-hydrogen) atoms. The van der Waals surface area contributed by atoms with Crippen molar-refractivity contribution in [2.75, 3.05) is 25.5 Å². The molecular weight excluding hydrogens is 466 g/mol. The Labute approximate surface area is 208 Å². The number of aromatic nitrogens is 4. The van der Waals surface area contributed by atoms with Crippen LogP contribution in [0.1, 0.15) is 54.5 Å². The molecule has 3 aromatic rings. The third-order valence-corrected chi connectivity index (χ3v) is 7.24. The Hall–Kier alpha value is -3.69. The van der Waals surface area contributed by atoms with Gasteiger partial charge in [0.1, 0.15) is 5.82 Å². The summed E-state index contributed by atoms with van der Waals surface area (Å²) < 4.78 is 32.4. The molecule has 0 aromatic carbocycles. The van der Waals surface area contributed by atoms with Crippen LogP contribution in [0.4, 0.5) is 14.6 Å². The molecule has 0 bridgehead atoms. The number of aryl methyl sites for hydroxylation is 2. The number of carbonyl (C=O) groups excluding carboxylic acids is 1. The van der Waals surface area contributed by atoms with Crippen molar-refractivity contribution in [3.63, 3.8) is 0 Å². The second-order valence-corrected chi connectivity index (χ2v) is 9.49.